The van der Waals surface area contributed by atoms with Gasteiger partial charge in [0.2, 0.25) is 0 Å². The average molecular weight is 522 g/mol. The van der Waals surface area contributed by atoms with Crippen LogP contribution in [0.5, 0.6) is 5.75 Å². The number of para-hydroxylation sites is 2. The van der Waals surface area contributed by atoms with Crippen molar-refractivity contribution in [2.75, 3.05) is 38.2 Å². The summed E-state index contributed by atoms with van der Waals surface area (Å²) >= 11 is 6.19. The van der Waals surface area contributed by atoms with Gasteiger partial charge in [-0.2, -0.15) is 0 Å². The van der Waals surface area contributed by atoms with E-state index in [1.807, 2.05) is 24.3 Å². The summed E-state index contributed by atoms with van der Waals surface area (Å²) in [5.41, 5.74) is 8.51. The third-order valence-electron chi connectivity index (χ3n) is 7.63. The number of aryl methyl sites for hydroxylation is 1. The Morgan fingerprint density at radius 2 is 1.58 bits per heavy atom. The van der Waals surface area contributed by atoms with Crippen molar-refractivity contribution in [2.45, 2.75) is 13.5 Å². The second kappa shape index (κ2) is 10.6. The van der Waals surface area contributed by atoms with E-state index in [4.69, 9.17) is 16.3 Å². The van der Waals surface area contributed by atoms with E-state index in [1.54, 1.807) is 7.11 Å². The lowest BCUT2D eigenvalue weighted by atomic mass is 9.95. The SMILES string of the molecule is COc1ccccc1N1CCN(Cc2cc(-c3ccc(Cl)cc3)[nH]c2-c2c(C)ccc3ccccc23)CC1. The molecule has 0 spiro atoms. The Kier molecular flexibility index (Phi) is 6.84. The molecule has 192 valence electrons. The summed E-state index contributed by atoms with van der Waals surface area (Å²) in [6, 6.07) is 31.8. The molecule has 1 fully saturated rings. The van der Waals surface area contributed by atoms with Crippen LogP contribution in [0.1, 0.15) is 11.1 Å². The van der Waals surface area contributed by atoms with Gasteiger partial charge in [-0.15, -0.1) is 0 Å². The molecule has 1 aliphatic heterocycles. The van der Waals surface area contributed by atoms with Gasteiger partial charge in [0, 0.05) is 49.0 Å². The molecular formula is C33H32ClN3O. The fourth-order valence-corrected chi connectivity index (χ4v) is 5.75. The minimum Gasteiger partial charge on any atom is -0.495 e. The standard InChI is InChI=1S/C33H32ClN3O/c1-23-11-12-24-7-3-4-8-28(24)32(23)33-26(21-29(35-33)25-13-15-27(34)16-14-25)22-36-17-19-37(20-18-36)30-9-5-6-10-31(30)38-2/h3-16,21,35H,17-20,22H2,1-2H3. The normalized spacial score (nSPS) is 14.2. The van der Waals surface area contributed by atoms with Crippen LogP contribution in [0.25, 0.3) is 33.3 Å². The molecule has 1 aliphatic rings. The summed E-state index contributed by atoms with van der Waals surface area (Å²) in [6.07, 6.45) is 0. The van der Waals surface area contributed by atoms with E-state index in [9.17, 15) is 0 Å². The first kappa shape index (κ1) is 24.6. The number of aromatic nitrogens is 1. The van der Waals surface area contributed by atoms with Gasteiger partial charge in [0.05, 0.1) is 18.5 Å². The van der Waals surface area contributed by atoms with Crippen LogP contribution in [-0.4, -0.2) is 43.2 Å². The summed E-state index contributed by atoms with van der Waals surface area (Å²) < 4.78 is 5.62. The smallest absolute Gasteiger partial charge is 0.142 e. The second-order valence-corrected chi connectivity index (χ2v) is 10.4. The Labute approximate surface area is 229 Å². The number of halogens is 1. The van der Waals surface area contributed by atoms with E-state index in [2.05, 4.69) is 88.4 Å². The number of anilines is 1. The van der Waals surface area contributed by atoms with Gasteiger partial charge in [-0.1, -0.05) is 72.3 Å². The average Bonchev–Trinajstić information content (AvgIpc) is 3.36. The molecular weight excluding hydrogens is 490 g/mol. The molecule has 2 heterocycles. The predicted octanol–water partition coefficient (Wildman–Crippen LogP) is 7.79. The van der Waals surface area contributed by atoms with Crippen molar-refractivity contribution in [3.05, 3.63) is 107 Å². The molecule has 5 heteroatoms. The lowest BCUT2D eigenvalue weighted by molar-refractivity contribution is 0.249. The molecule has 1 aromatic heterocycles. The highest BCUT2D eigenvalue weighted by Crippen LogP contribution is 2.37. The minimum absolute atomic E-state index is 0.749. The third-order valence-corrected chi connectivity index (χ3v) is 7.89. The highest BCUT2D eigenvalue weighted by molar-refractivity contribution is 6.30. The number of methoxy groups -OCH3 is 1. The Balaban J connectivity index is 1.34. The summed E-state index contributed by atoms with van der Waals surface area (Å²) in [4.78, 5) is 8.80. The van der Waals surface area contributed by atoms with Crippen molar-refractivity contribution in [1.82, 2.24) is 9.88 Å². The maximum Gasteiger partial charge on any atom is 0.142 e. The van der Waals surface area contributed by atoms with E-state index in [0.29, 0.717) is 0 Å². The summed E-state index contributed by atoms with van der Waals surface area (Å²) in [7, 11) is 1.75. The Bertz CT molecular complexity index is 1570. The predicted molar refractivity (Wildman–Crippen MR) is 159 cm³/mol. The number of hydrogen-bond donors (Lipinski definition) is 1. The summed E-state index contributed by atoms with van der Waals surface area (Å²) in [6.45, 7) is 7.03. The number of nitrogens with one attached hydrogen (secondary N) is 1. The number of aromatic amines is 1. The van der Waals surface area contributed by atoms with Crippen LogP contribution >= 0.6 is 11.6 Å². The molecule has 4 aromatic carbocycles. The van der Waals surface area contributed by atoms with Gasteiger partial charge >= 0.3 is 0 Å². The van der Waals surface area contributed by atoms with Crippen molar-refractivity contribution >= 4 is 28.1 Å². The van der Waals surface area contributed by atoms with Gasteiger partial charge < -0.3 is 14.6 Å². The lowest BCUT2D eigenvalue weighted by Gasteiger charge is -2.36. The summed E-state index contributed by atoms with van der Waals surface area (Å²) in [5.74, 6) is 0.938. The number of nitrogens with zero attached hydrogens (tertiary/aromatic N) is 2. The Morgan fingerprint density at radius 3 is 2.37 bits per heavy atom. The van der Waals surface area contributed by atoms with Gasteiger partial charge in [-0.25, -0.2) is 0 Å². The van der Waals surface area contributed by atoms with Crippen LogP contribution in [0.4, 0.5) is 5.69 Å². The van der Waals surface area contributed by atoms with E-state index in [-0.39, 0.29) is 0 Å². The first-order valence-electron chi connectivity index (χ1n) is 13.2. The number of fused-ring (bicyclic) bond motifs is 1. The zero-order valence-electron chi connectivity index (χ0n) is 21.9. The topological polar surface area (TPSA) is 31.5 Å². The third kappa shape index (κ3) is 4.78. The number of piperazine rings is 1. The highest BCUT2D eigenvalue weighted by Gasteiger charge is 2.23. The quantitative estimate of drug-likeness (QED) is 0.247. The van der Waals surface area contributed by atoms with Crippen molar-refractivity contribution < 1.29 is 4.74 Å². The molecule has 38 heavy (non-hydrogen) atoms. The molecule has 1 N–H and O–H groups in total. The first-order chi connectivity index (χ1) is 18.6. The number of benzene rings is 4. The fourth-order valence-electron chi connectivity index (χ4n) is 5.62. The second-order valence-electron chi connectivity index (χ2n) is 10.0. The molecule has 0 saturated carbocycles. The van der Waals surface area contributed by atoms with Crippen LogP contribution in [0, 0.1) is 6.92 Å². The number of H-pyrrole nitrogens is 1. The molecule has 0 aliphatic carbocycles. The lowest BCUT2D eigenvalue weighted by Crippen LogP contribution is -2.46. The van der Waals surface area contributed by atoms with Crippen LogP contribution in [0.2, 0.25) is 5.02 Å². The van der Waals surface area contributed by atoms with Gasteiger partial charge in [-0.05, 0) is 64.7 Å². The van der Waals surface area contributed by atoms with Crippen molar-refractivity contribution in [1.29, 1.82) is 0 Å². The van der Waals surface area contributed by atoms with Crippen LogP contribution in [-0.2, 0) is 6.54 Å². The van der Waals surface area contributed by atoms with E-state index in [0.717, 1.165) is 54.8 Å². The molecule has 4 nitrogen and oxygen atoms in total. The largest absolute Gasteiger partial charge is 0.495 e. The van der Waals surface area contributed by atoms with E-state index in [1.165, 1.54) is 38.8 Å². The van der Waals surface area contributed by atoms with Crippen LogP contribution in [0.3, 0.4) is 0 Å². The zero-order chi connectivity index (χ0) is 26.1. The molecule has 0 radical (unpaired) electrons. The fraction of sp³-hybridized carbons (Fsp3) is 0.212. The number of ether oxygens (including phenoxy) is 1. The molecule has 0 bridgehead atoms. The molecule has 0 unspecified atom stereocenters. The van der Waals surface area contributed by atoms with Gasteiger partial charge in [-0.3, -0.25) is 4.90 Å². The Morgan fingerprint density at radius 1 is 0.842 bits per heavy atom. The van der Waals surface area contributed by atoms with Crippen LogP contribution < -0.4 is 9.64 Å². The van der Waals surface area contributed by atoms with Gasteiger partial charge in [0.25, 0.3) is 0 Å². The molecule has 0 atom stereocenters. The molecule has 0 amide bonds. The maximum atomic E-state index is 6.19. The molecule has 5 aromatic rings. The first-order valence-corrected chi connectivity index (χ1v) is 13.6. The van der Waals surface area contributed by atoms with Crippen molar-refractivity contribution in [2.24, 2.45) is 0 Å². The van der Waals surface area contributed by atoms with Gasteiger partial charge in [0.15, 0.2) is 0 Å². The monoisotopic (exact) mass is 521 g/mol. The Hall–Kier alpha value is -3.73. The van der Waals surface area contributed by atoms with E-state index < -0.39 is 0 Å². The van der Waals surface area contributed by atoms with Crippen molar-refractivity contribution in [3.8, 4) is 28.3 Å². The van der Waals surface area contributed by atoms with Crippen LogP contribution in [0.15, 0.2) is 91.0 Å². The molecule has 6 rings (SSSR count). The number of rotatable bonds is 6. The van der Waals surface area contributed by atoms with E-state index >= 15 is 0 Å². The zero-order valence-corrected chi connectivity index (χ0v) is 22.6. The highest BCUT2D eigenvalue weighted by atomic mass is 35.5. The molecule has 1 saturated heterocycles. The number of hydrogen-bond acceptors (Lipinski definition) is 3. The van der Waals surface area contributed by atoms with Crippen molar-refractivity contribution in [3.63, 3.8) is 0 Å². The summed E-state index contributed by atoms with van der Waals surface area (Å²) in [5, 5.41) is 3.28. The minimum atomic E-state index is 0.749. The maximum absolute atomic E-state index is 6.19. The van der Waals surface area contributed by atoms with Gasteiger partial charge in [0.1, 0.15) is 5.75 Å².